The molecule has 0 saturated heterocycles. The summed E-state index contributed by atoms with van der Waals surface area (Å²) in [6.07, 6.45) is 5.44. The summed E-state index contributed by atoms with van der Waals surface area (Å²) < 4.78 is 5.37. The van der Waals surface area contributed by atoms with Gasteiger partial charge in [0.2, 0.25) is 0 Å². The number of pyridine rings is 1. The van der Waals surface area contributed by atoms with Crippen LogP contribution in [0.5, 0.6) is 0 Å². The topological polar surface area (TPSA) is 42.4 Å². The Hall–Kier alpha value is -1.45. The second-order valence-electron chi connectivity index (χ2n) is 5.38. The van der Waals surface area contributed by atoms with Crippen molar-refractivity contribution in [1.29, 1.82) is 0 Å². The predicted octanol–water partition coefficient (Wildman–Crippen LogP) is 3.01. The Bertz CT molecular complexity index is 574. The predicted molar refractivity (Wildman–Crippen MR) is 74.9 cm³/mol. The highest BCUT2D eigenvalue weighted by Crippen LogP contribution is 2.38. The number of methoxy groups -OCH3 is 1. The highest BCUT2D eigenvalue weighted by Gasteiger charge is 2.34. The average Bonchev–Trinajstić information content (AvgIpc) is 2.47. The van der Waals surface area contributed by atoms with E-state index in [9.17, 15) is 5.11 Å². The van der Waals surface area contributed by atoms with Crippen LogP contribution in [0.15, 0.2) is 36.5 Å². The molecule has 19 heavy (non-hydrogen) atoms. The molecule has 1 fully saturated rings. The Labute approximate surface area is 113 Å². The standard InChI is InChI=1S/C16H19NO2/c1-19-14-6-8-16(18,9-7-14)13-4-5-15-12(11-13)3-2-10-17-15/h2-5,10-11,14,18H,6-9H2,1H3. The van der Waals surface area contributed by atoms with Crippen LogP contribution in [-0.2, 0) is 10.3 Å². The van der Waals surface area contributed by atoms with Crippen molar-refractivity contribution < 1.29 is 9.84 Å². The van der Waals surface area contributed by atoms with Gasteiger partial charge in [-0.2, -0.15) is 0 Å². The zero-order chi connectivity index (χ0) is 13.3. The first kappa shape index (κ1) is 12.6. The van der Waals surface area contributed by atoms with Gasteiger partial charge in [-0.25, -0.2) is 0 Å². The number of fused-ring (bicyclic) bond motifs is 1. The lowest BCUT2D eigenvalue weighted by Gasteiger charge is -2.36. The zero-order valence-electron chi connectivity index (χ0n) is 11.2. The van der Waals surface area contributed by atoms with Crippen molar-refractivity contribution >= 4 is 10.9 Å². The minimum Gasteiger partial charge on any atom is -0.385 e. The average molecular weight is 257 g/mol. The Kier molecular flexibility index (Phi) is 3.25. The summed E-state index contributed by atoms with van der Waals surface area (Å²) >= 11 is 0. The van der Waals surface area contributed by atoms with Crippen molar-refractivity contribution in [3.8, 4) is 0 Å². The molecule has 1 saturated carbocycles. The van der Waals surface area contributed by atoms with Gasteiger partial charge in [0, 0.05) is 18.7 Å². The highest BCUT2D eigenvalue weighted by atomic mass is 16.5. The smallest absolute Gasteiger partial charge is 0.0898 e. The Morgan fingerprint density at radius 2 is 2.05 bits per heavy atom. The summed E-state index contributed by atoms with van der Waals surface area (Å²) in [7, 11) is 1.75. The van der Waals surface area contributed by atoms with Crippen LogP contribution in [0.2, 0.25) is 0 Å². The summed E-state index contributed by atoms with van der Waals surface area (Å²) in [5.74, 6) is 0. The minimum absolute atomic E-state index is 0.294. The lowest BCUT2D eigenvalue weighted by atomic mass is 9.78. The zero-order valence-corrected chi connectivity index (χ0v) is 11.2. The van der Waals surface area contributed by atoms with Gasteiger partial charge >= 0.3 is 0 Å². The van der Waals surface area contributed by atoms with E-state index in [-0.39, 0.29) is 0 Å². The molecule has 3 nitrogen and oxygen atoms in total. The summed E-state index contributed by atoms with van der Waals surface area (Å²) in [6.45, 7) is 0. The van der Waals surface area contributed by atoms with Gasteiger partial charge in [0.25, 0.3) is 0 Å². The van der Waals surface area contributed by atoms with Crippen LogP contribution >= 0.6 is 0 Å². The number of benzene rings is 1. The summed E-state index contributed by atoms with van der Waals surface area (Å²) in [5.41, 5.74) is 1.27. The summed E-state index contributed by atoms with van der Waals surface area (Å²) in [5, 5.41) is 11.9. The Balaban J connectivity index is 1.91. The third-order valence-electron chi connectivity index (χ3n) is 4.23. The second kappa shape index (κ2) is 4.91. The molecule has 1 aliphatic rings. The second-order valence-corrected chi connectivity index (χ2v) is 5.38. The molecule has 0 unspecified atom stereocenters. The number of aromatic nitrogens is 1. The fraction of sp³-hybridized carbons (Fsp3) is 0.438. The maximum absolute atomic E-state index is 10.8. The van der Waals surface area contributed by atoms with Crippen LogP contribution in [0.4, 0.5) is 0 Å². The van der Waals surface area contributed by atoms with Crippen LogP contribution in [0.3, 0.4) is 0 Å². The number of hydrogen-bond acceptors (Lipinski definition) is 3. The number of aliphatic hydroxyl groups is 1. The van der Waals surface area contributed by atoms with Crippen LogP contribution in [0.25, 0.3) is 10.9 Å². The maximum atomic E-state index is 10.8. The third-order valence-corrected chi connectivity index (χ3v) is 4.23. The molecule has 3 rings (SSSR count). The van der Waals surface area contributed by atoms with Gasteiger partial charge in [-0.3, -0.25) is 4.98 Å². The van der Waals surface area contributed by atoms with Gasteiger partial charge in [0.05, 0.1) is 17.2 Å². The fourth-order valence-corrected chi connectivity index (χ4v) is 2.96. The Morgan fingerprint density at radius 3 is 2.79 bits per heavy atom. The summed E-state index contributed by atoms with van der Waals surface area (Å²) in [6, 6.07) is 10.0. The molecule has 0 atom stereocenters. The third kappa shape index (κ3) is 2.36. The van der Waals surface area contributed by atoms with Gasteiger partial charge < -0.3 is 9.84 Å². The van der Waals surface area contributed by atoms with E-state index in [1.165, 1.54) is 0 Å². The molecular formula is C16H19NO2. The van der Waals surface area contributed by atoms with Crippen molar-refractivity contribution in [2.24, 2.45) is 0 Å². The van der Waals surface area contributed by atoms with Gasteiger partial charge in [-0.15, -0.1) is 0 Å². The van der Waals surface area contributed by atoms with E-state index in [0.29, 0.717) is 6.10 Å². The molecule has 3 heteroatoms. The first-order valence-electron chi connectivity index (χ1n) is 6.82. The van der Waals surface area contributed by atoms with Gasteiger partial charge in [-0.1, -0.05) is 12.1 Å². The van der Waals surface area contributed by atoms with Crippen molar-refractivity contribution in [3.05, 3.63) is 42.1 Å². The molecule has 100 valence electrons. The molecule has 0 amide bonds. The number of rotatable bonds is 2. The lowest BCUT2D eigenvalue weighted by Crippen LogP contribution is -2.33. The Morgan fingerprint density at radius 1 is 1.26 bits per heavy atom. The number of nitrogens with zero attached hydrogens (tertiary/aromatic N) is 1. The SMILES string of the molecule is COC1CCC(O)(c2ccc3ncccc3c2)CC1. The maximum Gasteiger partial charge on any atom is 0.0898 e. The van der Waals surface area contributed by atoms with E-state index in [0.717, 1.165) is 42.1 Å². The molecule has 0 aliphatic heterocycles. The largest absolute Gasteiger partial charge is 0.385 e. The van der Waals surface area contributed by atoms with Crippen LogP contribution < -0.4 is 0 Å². The van der Waals surface area contributed by atoms with Crippen molar-refractivity contribution in [2.45, 2.75) is 37.4 Å². The molecule has 2 aromatic rings. The van der Waals surface area contributed by atoms with E-state index in [1.54, 1.807) is 13.3 Å². The molecule has 1 N–H and O–H groups in total. The van der Waals surface area contributed by atoms with Crippen molar-refractivity contribution in [2.75, 3.05) is 7.11 Å². The van der Waals surface area contributed by atoms with Crippen molar-refractivity contribution in [3.63, 3.8) is 0 Å². The van der Waals surface area contributed by atoms with Crippen LogP contribution in [-0.4, -0.2) is 23.3 Å². The number of ether oxygens (including phenoxy) is 1. The minimum atomic E-state index is -0.709. The molecule has 1 aliphatic carbocycles. The molecule has 0 spiro atoms. The van der Waals surface area contributed by atoms with Crippen LogP contribution in [0.1, 0.15) is 31.2 Å². The van der Waals surface area contributed by atoms with Gasteiger partial charge in [-0.05, 0) is 49.4 Å². The first-order valence-corrected chi connectivity index (χ1v) is 6.82. The molecule has 1 heterocycles. The monoisotopic (exact) mass is 257 g/mol. The molecule has 0 radical (unpaired) electrons. The fourth-order valence-electron chi connectivity index (χ4n) is 2.96. The molecule has 1 aromatic heterocycles. The first-order chi connectivity index (χ1) is 9.21. The quantitative estimate of drug-likeness (QED) is 0.899. The van der Waals surface area contributed by atoms with E-state index in [2.05, 4.69) is 11.1 Å². The molecule has 0 bridgehead atoms. The van der Waals surface area contributed by atoms with E-state index >= 15 is 0 Å². The molecular weight excluding hydrogens is 238 g/mol. The van der Waals surface area contributed by atoms with E-state index in [1.807, 2.05) is 24.3 Å². The normalized spacial score (nSPS) is 27.6. The van der Waals surface area contributed by atoms with Gasteiger partial charge in [0.1, 0.15) is 0 Å². The summed E-state index contributed by atoms with van der Waals surface area (Å²) in [4.78, 5) is 4.31. The molecule has 1 aromatic carbocycles. The van der Waals surface area contributed by atoms with Crippen molar-refractivity contribution in [1.82, 2.24) is 4.98 Å². The highest BCUT2D eigenvalue weighted by molar-refractivity contribution is 5.79. The van der Waals surface area contributed by atoms with Crippen LogP contribution in [0, 0.1) is 0 Å². The number of hydrogen-bond donors (Lipinski definition) is 1. The van der Waals surface area contributed by atoms with Gasteiger partial charge in [0.15, 0.2) is 0 Å². The van der Waals surface area contributed by atoms with E-state index in [4.69, 9.17) is 4.74 Å². The van der Waals surface area contributed by atoms with E-state index < -0.39 is 5.60 Å². The lowest BCUT2D eigenvalue weighted by molar-refractivity contribution is -0.0473.